The summed E-state index contributed by atoms with van der Waals surface area (Å²) in [5.74, 6) is 0.295. The molecule has 0 amide bonds. The Kier molecular flexibility index (Phi) is 6.16. The summed E-state index contributed by atoms with van der Waals surface area (Å²) < 4.78 is 0. The summed E-state index contributed by atoms with van der Waals surface area (Å²) in [6.45, 7) is 3.11. The fraction of sp³-hybridized carbons (Fsp3) is 0.667. The maximum Gasteiger partial charge on any atom is 0.134 e. The predicted octanol–water partition coefficient (Wildman–Crippen LogP) is -0.809. The first-order valence-corrected chi connectivity index (χ1v) is 2.97. The fourth-order valence-electron chi connectivity index (χ4n) is 0.318. The average Bonchev–Trinajstić information content (AvgIpc) is 1.89. The van der Waals surface area contributed by atoms with E-state index in [1.807, 2.05) is 0 Å². The highest BCUT2D eigenvalue weighted by molar-refractivity contribution is 4.78. The smallest absolute Gasteiger partial charge is 0.134 e. The van der Waals surface area contributed by atoms with E-state index in [4.69, 9.17) is 5.11 Å². The first kappa shape index (κ1) is 9.42. The lowest BCUT2D eigenvalue weighted by Gasteiger charge is -2.07. The zero-order valence-electron chi connectivity index (χ0n) is 5.71. The van der Waals surface area contributed by atoms with Crippen LogP contribution in [0.3, 0.4) is 0 Å². The lowest BCUT2D eigenvalue weighted by Crippen LogP contribution is -2.08. The summed E-state index contributed by atoms with van der Waals surface area (Å²) in [4.78, 5) is 8.88. The number of aliphatic hydroxyl groups is 1. The van der Waals surface area contributed by atoms with E-state index in [2.05, 4.69) is 16.4 Å². The molecule has 4 nitrogen and oxygen atoms in total. The Balaban J connectivity index is 3.05. The second-order valence-electron chi connectivity index (χ2n) is 1.62. The van der Waals surface area contributed by atoms with Crippen LogP contribution in [0.25, 0.3) is 0 Å². The standard InChI is InChI=1S/C6H11O4/c1-6(2-3-7)10-9-5-4-8/h8H,1-5H2/q-1. The molecule has 0 aromatic heterocycles. The Hall–Kier alpha value is -0.580. The van der Waals surface area contributed by atoms with Gasteiger partial charge in [0.2, 0.25) is 0 Å². The van der Waals surface area contributed by atoms with Gasteiger partial charge in [-0.3, -0.25) is 0 Å². The van der Waals surface area contributed by atoms with Crippen molar-refractivity contribution in [3.8, 4) is 0 Å². The number of rotatable bonds is 6. The zero-order valence-corrected chi connectivity index (χ0v) is 5.71. The largest absolute Gasteiger partial charge is 0.854 e. The zero-order chi connectivity index (χ0) is 7.82. The molecule has 0 aliphatic rings. The van der Waals surface area contributed by atoms with Crippen LogP contribution in [-0.2, 0) is 9.78 Å². The second kappa shape index (κ2) is 6.54. The normalized spacial score (nSPS) is 9.40. The van der Waals surface area contributed by atoms with Crippen molar-refractivity contribution in [1.29, 1.82) is 0 Å². The first-order chi connectivity index (χ1) is 4.81. The van der Waals surface area contributed by atoms with Gasteiger partial charge in [0.05, 0.1) is 6.61 Å². The summed E-state index contributed by atoms with van der Waals surface area (Å²) in [6.07, 6.45) is 0.241. The highest BCUT2D eigenvalue weighted by Crippen LogP contribution is 1.97. The van der Waals surface area contributed by atoms with Crippen molar-refractivity contribution >= 4 is 0 Å². The van der Waals surface area contributed by atoms with Gasteiger partial charge < -0.3 is 15.1 Å². The molecule has 0 fully saturated rings. The molecule has 0 saturated heterocycles. The van der Waals surface area contributed by atoms with Gasteiger partial charge in [0, 0.05) is 0 Å². The minimum Gasteiger partial charge on any atom is -0.854 e. The van der Waals surface area contributed by atoms with Crippen molar-refractivity contribution in [3.05, 3.63) is 12.3 Å². The highest BCUT2D eigenvalue weighted by Gasteiger charge is 1.90. The van der Waals surface area contributed by atoms with Gasteiger partial charge >= 0.3 is 0 Å². The van der Waals surface area contributed by atoms with Crippen LogP contribution in [-0.4, -0.2) is 24.9 Å². The molecule has 0 aliphatic heterocycles. The second-order valence-corrected chi connectivity index (χ2v) is 1.62. The molecule has 0 aromatic carbocycles. The molecule has 0 rings (SSSR count). The topological polar surface area (TPSA) is 61.8 Å². The molecular weight excluding hydrogens is 136 g/mol. The van der Waals surface area contributed by atoms with Crippen LogP contribution < -0.4 is 5.11 Å². The molecule has 0 spiro atoms. The molecule has 60 valence electrons. The van der Waals surface area contributed by atoms with Crippen molar-refractivity contribution in [2.45, 2.75) is 6.42 Å². The third kappa shape index (κ3) is 5.55. The Morgan fingerprint density at radius 3 is 2.80 bits per heavy atom. The Morgan fingerprint density at radius 2 is 2.30 bits per heavy atom. The Labute approximate surface area is 59.6 Å². The quantitative estimate of drug-likeness (QED) is 0.231. The summed E-state index contributed by atoms with van der Waals surface area (Å²) >= 11 is 0. The summed E-state index contributed by atoms with van der Waals surface area (Å²) in [5, 5.41) is 18.1. The van der Waals surface area contributed by atoms with E-state index in [-0.39, 0.29) is 26.2 Å². The SMILES string of the molecule is C=C(CC[O-])OOCCO. The minimum absolute atomic E-state index is 0.0951. The van der Waals surface area contributed by atoms with Crippen molar-refractivity contribution in [2.24, 2.45) is 0 Å². The molecule has 0 bridgehead atoms. The molecule has 0 radical (unpaired) electrons. The Morgan fingerprint density at radius 1 is 1.60 bits per heavy atom. The van der Waals surface area contributed by atoms with Gasteiger partial charge in [-0.15, -0.1) is 6.61 Å². The Bertz CT molecular complexity index is 91.7. The van der Waals surface area contributed by atoms with Crippen LogP contribution in [0.4, 0.5) is 0 Å². The monoisotopic (exact) mass is 147 g/mol. The number of aliphatic hydroxyl groups excluding tert-OH is 1. The van der Waals surface area contributed by atoms with Crippen molar-refractivity contribution in [1.82, 2.24) is 0 Å². The third-order valence-electron chi connectivity index (χ3n) is 0.732. The van der Waals surface area contributed by atoms with Gasteiger partial charge in [0.15, 0.2) is 0 Å². The number of hydrogen-bond acceptors (Lipinski definition) is 4. The van der Waals surface area contributed by atoms with Gasteiger partial charge in [-0.25, -0.2) is 0 Å². The molecule has 0 aromatic rings. The maximum absolute atomic E-state index is 9.93. The van der Waals surface area contributed by atoms with E-state index in [9.17, 15) is 5.11 Å². The van der Waals surface area contributed by atoms with Crippen LogP contribution in [0.5, 0.6) is 0 Å². The van der Waals surface area contributed by atoms with Gasteiger partial charge in [-0.05, 0) is 6.42 Å². The van der Waals surface area contributed by atoms with Crippen LogP contribution in [0.1, 0.15) is 6.42 Å². The van der Waals surface area contributed by atoms with E-state index in [0.717, 1.165) is 0 Å². The molecule has 0 heterocycles. The van der Waals surface area contributed by atoms with Crippen LogP contribution in [0, 0.1) is 0 Å². The van der Waals surface area contributed by atoms with E-state index in [1.165, 1.54) is 0 Å². The molecule has 0 unspecified atom stereocenters. The van der Waals surface area contributed by atoms with Gasteiger partial charge in [-0.1, -0.05) is 6.58 Å². The van der Waals surface area contributed by atoms with Crippen molar-refractivity contribution in [2.75, 3.05) is 19.8 Å². The lowest BCUT2D eigenvalue weighted by molar-refractivity contribution is -0.371. The van der Waals surface area contributed by atoms with E-state index in [0.29, 0.717) is 5.76 Å². The lowest BCUT2D eigenvalue weighted by atomic mass is 10.4. The van der Waals surface area contributed by atoms with Gasteiger partial charge in [0.1, 0.15) is 12.4 Å². The van der Waals surface area contributed by atoms with E-state index < -0.39 is 0 Å². The molecule has 10 heavy (non-hydrogen) atoms. The molecule has 0 aliphatic carbocycles. The van der Waals surface area contributed by atoms with E-state index in [1.54, 1.807) is 0 Å². The molecule has 0 atom stereocenters. The van der Waals surface area contributed by atoms with Crippen molar-refractivity contribution < 1.29 is 20.0 Å². The first-order valence-electron chi connectivity index (χ1n) is 2.97. The molecule has 0 saturated carbocycles. The predicted molar refractivity (Wildman–Crippen MR) is 32.7 cm³/mol. The van der Waals surface area contributed by atoms with Gasteiger partial charge in [0.25, 0.3) is 0 Å². The van der Waals surface area contributed by atoms with Crippen LogP contribution in [0.2, 0.25) is 0 Å². The summed E-state index contributed by atoms with van der Waals surface area (Å²) in [5.41, 5.74) is 0. The highest BCUT2D eigenvalue weighted by atomic mass is 17.2. The molecular formula is C6H11O4-. The fourth-order valence-corrected chi connectivity index (χ4v) is 0.318. The van der Waals surface area contributed by atoms with Crippen LogP contribution >= 0.6 is 0 Å². The maximum atomic E-state index is 9.93. The van der Waals surface area contributed by atoms with Crippen molar-refractivity contribution in [3.63, 3.8) is 0 Å². The minimum atomic E-state index is -0.263. The van der Waals surface area contributed by atoms with Gasteiger partial charge in [-0.2, -0.15) is 4.89 Å². The van der Waals surface area contributed by atoms with Crippen LogP contribution in [0.15, 0.2) is 12.3 Å². The summed E-state index contributed by atoms with van der Waals surface area (Å²) in [7, 11) is 0. The summed E-state index contributed by atoms with van der Waals surface area (Å²) in [6, 6.07) is 0. The number of hydrogen-bond donors (Lipinski definition) is 1. The average molecular weight is 147 g/mol. The van der Waals surface area contributed by atoms with E-state index >= 15 is 0 Å². The third-order valence-corrected chi connectivity index (χ3v) is 0.732. The molecule has 1 N–H and O–H groups in total. The molecule has 4 heteroatoms.